The van der Waals surface area contributed by atoms with E-state index in [2.05, 4.69) is 4.98 Å². The first-order chi connectivity index (χ1) is 13.6. The molecule has 4 aromatic rings. The molecular weight excluding hydrogens is 358 g/mol. The van der Waals surface area contributed by atoms with Crippen molar-refractivity contribution in [1.82, 2.24) is 14.0 Å². The molecule has 7 heteroatoms. The molecule has 2 heterocycles. The van der Waals surface area contributed by atoms with Crippen molar-refractivity contribution in [3.05, 3.63) is 71.4 Å². The standard InChI is InChI=1S/C21H19N3O4/c1-26-15-6-4-14(5-7-15)24-11-10-23-13-18(22-20(23)21(24)25)17-12-16(27-2)8-9-19(17)28-3/h4-13H,1-3H3. The molecular formula is C21H19N3O4. The van der Waals surface area contributed by atoms with Crippen molar-refractivity contribution in [3.63, 3.8) is 0 Å². The summed E-state index contributed by atoms with van der Waals surface area (Å²) < 4.78 is 19.2. The first-order valence-electron chi connectivity index (χ1n) is 8.62. The Kier molecular flexibility index (Phi) is 4.49. The molecule has 0 N–H and O–H groups in total. The minimum absolute atomic E-state index is 0.222. The third-order valence-electron chi connectivity index (χ3n) is 4.55. The number of benzene rings is 2. The molecule has 0 aliphatic heterocycles. The Morgan fingerprint density at radius 3 is 2.25 bits per heavy atom. The molecule has 0 amide bonds. The summed E-state index contributed by atoms with van der Waals surface area (Å²) in [6.07, 6.45) is 5.31. The lowest BCUT2D eigenvalue weighted by atomic mass is 10.1. The van der Waals surface area contributed by atoms with Gasteiger partial charge in [-0.2, -0.15) is 0 Å². The minimum atomic E-state index is -0.222. The summed E-state index contributed by atoms with van der Waals surface area (Å²) in [5.74, 6) is 2.06. The summed E-state index contributed by atoms with van der Waals surface area (Å²) in [5, 5.41) is 0. The molecule has 0 bridgehead atoms. The monoisotopic (exact) mass is 377 g/mol. The zero-order valence-electron chi connectivity index (χ0n) is 15.7. The van der Waals surface area contributed by atoms with Crippen molar-refractivity contribution in [2.45, 2.75) is 0 Å². The number of hydrogen-bond donors (Lipinski definition) is 0. The Bertz CT molecular complexity index is 1190. The van der Waals surface area contributed by atoms with Gasteiger partial charge in [-0.05, 0) is 42.5 Å². The molecule has 142 valence electrons. The average molecular weight is 377 g/mol. The highest BCUT2D eigenvalue weighted by Crippen LogP contribution is 2.32. The Balaban J connectivity index is 1.84. The van der Waals surface area contributed by atoms with E-state index in [1.807, 2.05) is 42.5 Å². The first-order valence-corrected chi connectivity index (χ1v) is 8.62. The maximum Gasteiger partial charge on any atom is 0.298 e. The molecule has 2 aromatic heterocycles. The second-order valence-electron chi connectivity index (χ2n) is 6.09. The number of nitrogens with zero attached hydrogens (tertiary/aromatic N) is 3. The van der Waals surface area contributed by atoms with Gasteiger partial charge in [-0.25, -0.2) is 4.98 Å². The molecule has 0 fully saturated rings. The number of ether oxygens (including phenoxy) is 3. The fourth-order valence-corrected chi connectivity index (χ4v) is 3.07. The number of rotatable bonds is 5. The van der Waals surface area contributed by atoms with Crippen LogP contribution in [0.15, 0.2) is 65.8 Å². The Morgan fingerprint density at radius 2 is 1.57 bits per heavy atom. The lowest BCUT2D eigenvalue weighted by Gasteiger charge is -2.08. The number of methoxy groups -OCH3 is 3. The molecule has 7 nitrogen and oxygen atoms in total. The van der Waals surface area contributed by atoms with E-state index in [-0.39, 0.29) is 5.56 Å². The van der Waals surface area contributed by atoms with E-state index in [0.29, 0.717) is 22.8 Å². The van der Waals surface area contributed by atoms with Gasteiger partial charge in [-0.3, -0.25) is 9.36 Å². The minimum Gasteiger partial charge on any atom is -0.497 e. The number of imidazole rings is 1. The number of hydrogen-bond acceptors (Lipinski definition) is 5. The van der Waals surface area contributed by atoms with Crippen molar-refractivity contribution < 1.29 is 14.2 Å². The summed E-state index contributed by atoms with van der Waals surface area (Å²) >= 11 is 0. The van der Waals surface area contributed by atoms with Crippen molar-refractivity contribution in [2.75, 3.05) is 21.3 Å². The zero-order chi connectivity index (χ0) is 19.7. The lowest BCUT2D eigenvalue weighted by molar-refractivity contribution is 0.404. The van der Waals surface area contributed by atoms with Crippen LogP contribution in [0.5, 0.6) is 17.2 Å². The molecule has 2 aromatic carbocycles. The highest BCUT2D eigenvalue weighted by atomic mass is 16.5. The third-order valence-corrected chi connectivity index (χ3v) is 4.55. The van der Waals surface area contributed by atoms with Crippen LogP contribution in [-0.4, -0.2) is 35.3 Å². The molecule has 28 heavy (non-hydrogen) atoms. The summed E-state index contributed by atoms with van der Waals surface area (Å²) in [7, 11) is 4.80. The SMILES string of the molecule is COc1ccc(-n2ccn3cc(-c4cc(OC)ccc4OC)nc3c2=O)cc1. The van der Waals surface area contributed by atoms with Crippen LogP contribution in [0.1, 0.15) is 0 Å². The molecule has 0 saturated carbocycles. The van der Waals surface area contributed by atoms with Crippen LogP contribution in [0.4, 0.5) is 0 Å². The predicted octanol–water partition coefficient (Wildman–Crippen LogP) is 3.18. The largest absolute Gasteiger partial charge is 0.497 e. The van der Waals surface area contributed by atoms with Crippen LogP contribution < -0.4 is 19.8 Å². The van der Waals surface area contributed by atoms with Gasteiger partial charge in [0.2, 0.25) is 5.65 Å². The van der Waals surface area contributed by atoms with E-state index in [0.717, 1.165) is 17.0 Å². The van der Waals surface area contributed by atoms with E-state index in [9.17, 15) is 4.79 Å². The quantitative estimate of drug-likeness (QED) is 0.534. The van der Waals surface area contributed by atoms with E-state index >= 15 is 0 Å². The number of aromatic nitrogens is 3. The van der Waals surface area contributed by atoms with Crippen molar-refractivity contribution in [2.24, 2.45) is 0 Å². The molecule has 0 radical (unpaired) electrons. The van der Waals surface area contributed by atoms with Gasteiger partial charge in [0.1, 0.15) is 17.2 Å². The van der Waals surface area contributed by atoms with Crippen LogP contribution in [0.3, 0.4) is 0 Å². The smallest absolute Gasteiger partial charge is 0.298 e. The second kappa shape index (κ2) is 7.11. The zero-order valence-corrected chi connectivity index (χ0v) is 15.7. The highest BCUT2D eigenvalue weighted by molar-refractivity contribution is 5.70. The molecule has 0 aliphatic rings. The van der Waals surface area contributed by atoms with Gasteiger partial charge in [0.25, 0.3) is 5.56 Å². The molecule has 0 atom stereocenters. The second-order valence-corrected chi connectivity index (χ2v) is 6.09. The van der Waals surface area contributed by atoms with Crippen molar-refractivity contribution in [3.8, 4) is 34.2 Å². The summed E-state index contributed by atoms with van der Waals surface area (Å²) in [6.45, 7) is 0. The maximum atomic E-state index is 13.0. The fraction of sp³-hybridized carbons (Fsp3) is 0.143. The predicted molar refractivity (Wildman–Crippen MR) is 106 cm³/mol. The van der Waals surface area contributed by atoms with Crippen LogP contribution in [-0.2, 0) is 0 Å². The summed E-state index contributed by atoms with van der Waals surface area (Å²) in [5.41, 5.74) is 2.21. The molecule has 0 unspecified atom stereocenters. The third kappa shape index (κ3) is 2.96. The Hall–Kier alpha value is -3.74. The summed E-state index contributed by atoms with van der Waals surface area (Å²) in [4.78, 5) is 17.6. The average Bonchev–Trinajstić information content (AvgIpc) is 3.19. The lowest BCUT2D eigenvalue weighted by Crippen LogP contribution is -2.19. The highest BCUT2D eigenvalue weighted by Gasteiger charge is 2.14. The van der Waals surface area contributed by atoms with Crippen LogP contribution in [0.25, 0.3) is 22.6 Å². The van der Waals surface area contributed by atoms with Crippen LogP contribution >= 0.6 is 0 Å². The number of fused-ring (bicyclic) bond motifs is 1. The van der Waals surface area contributed by atoms with Gasteiger partial charge in [0.15, 0.2) is 0 Å². The Labute approximate surface area is 161 Å². The van der Waals surface area contributed by atoms with Crippen molar-refractivity contribution in [1.29, 1.82) is 0 Å². The van der Waals surface area contributed by atoms with E-state index < -0.39 is 0 Å². The van der Waals surface area contributed by atoms with Crippen molar-refractivity contribution >= 4 is 5.65 Å². The van der Waals surface area contributed by atoms with E-state index in [1.165, 1.54) is 0 Å². The van der Waals surface area contributed by atoms with Gasteiger partial charge in [-0.1, -0.05) is 0 Å². The molecule has 0 saturated heterocycles. The molecule has 4 rings (SSSR count). The first kappa shape index (κ1) is 17.7. The van der Waals surface area contributed by atoms with E-state index in [4.69, 9.17) is 14.2 Å². The van der Waals surface area contributed by atoms with Crippen LogP contribution in [0, 0.1) is 0 Å². The molecule has 0 spiro atoms. The summed E-state index contributed by atoms with van der Waals surface area (Å²) in [6, 6.07) is 12.7. The van der Waals surface area contributed by atoms with Gasteiger partial charge < -0.3 is 18.6 Å². The Morgan fingerprint density at radius 1 is 0.857 bits per heavy atom. The molecule has 0 aliphatic carbocycles. The van der Waals surface area contributed by atoms with E-state index in [1.54, 1.807) is 48.9 Å². The maximum absolute atomic E-state index is 13.0. The van der Waals surface area contributed by atoms with Gasteiger partial charge in [-0.15, -0.1) is 0 Å². The fourth-order valence-electron chi connectivity index (χ4n) is 3.07. The van der Waals surface area contributed by atoms with Gasteiger partial charge >= 0.3 is 0 Å². The van der Waals surface area contributed by atoms with Crippen LogP contribution in [0.2, 0.25) is 0 Å². The topological polar surface area (TPSA) is 67.0 Å². The normalized spacial score (nSPS) is 10.8. The van der Waals surface area contributed by atoms with Gasteiger partial charge in [0, 0.05) is 29.8 Å². The van der Waals surface area contributed by atoms with Gasteiger partial charge in [0.05, 0.1) is 27.0 Å².